The summed E-state index contributed by atoms with van der Waals surface area (Å²) in [6.45, 7) is 5.35. The van der Waals surface area contributed by atoms with E-state index in [9.17, 15) is 4.79 Å². The molecule has 1 saturated heterocycles. The van der Waals surface area contributed by atoms with Crippen molar-refractivity contribution in [2.45, 2.75) is 30.7 Å². The number of rotatable bonds is 5. The van der Waals surface area contributed by atoms with Crippen LogP contribution in [0.1, 0.15) is 19.8 Å². The minimum absolute atomic E-state index is 0.147. The van der Waals surface area contributed by atoms with Gasteiger partial charge >= 0.3 is 0 Å². The lowest BCUT2D eigenvalue weighted by atomic mass is 9.95. The molecule has 2 aliphatic heterocycles. The molecule has 2 aliphatic rings. The number of ether oxygens (including phenoxy) is 2. The summed E-state index contributed by atoms with van der Waals surface area (Å²) in [6.07, 6.45) is 1.55. The Hall–Kier alpha value is -1.40. The van der Waals surface area contributed by atoms with Gasteiger partial charge in [-0.3, -0.25) is 4.79 Å². The van der Waals surface area contributed by atoms with Crippen LogP contribution >= 0.6 is 11.8 Å². The molecule has 2 unspecified atom stereocenters. The molecule has 1 fully saturated rings. The van der Waals surface area contributed by atoms with Crippen LogP contribution in [0.25, 0.3) is 0 Å². The fourth-order valence-electron chi connectivity index (χ4n) is 2.88. The molecule has 6 heteroatoms. The number of carbonyl (C=O) groups excluding carboxylic acids is 1. The lowest BCUT2D eigenvalue weighted by Gasteiger charge is -2.30. The van der Waals surface area contributed by atoms with Crippen LogP contribution < -0.4 is 20.1 Å². The summed E-state index contributed by atoms with van der Waals surface area (Å²) >= 11 is 1.68. The summed E-state index contributed by atoms with van der Waals surface area (Å²) in [5.41, 5.74) is 0. The van der Waals surface area contributed by atoms with Crippen molar-refractivity contribution in [3.8, 4) is 11.5 Å². The summed E-state index contributed by atoms with van der Waals surface area (Å²) in [7, 11) is 0. The Bertz CT molecular complexity index is 553. The summed E-state index contributed by atoms with van der Waals surface area (Å²) < 4.78 is 11.1. The van der Waals surface area contributed by atoms with Gasteiger partial charge in [0.15, 0.2) is 11.5 Å². The normalized spacial score (nSPS) is 23.3. The number of hydrogen-bond donors (Lipinski definition) is 2. The van der Waals surface area contributed by atoms with E-state index in [1.54, 1.807) is 11.8 Å². The quantitative estimate of drug-likeness (QED) is 0.806. The third-order valence-electron chi connectivity index (χ3n) is 4.24. The van der Waals surface area contributed by atoms with Crippen molar-refractivity contribution in [2.24, 2.45) is 5.92 Å². The number of carbonyl (C=O) groups is 1. The SMILES string of the molecule is CC1CNCCC1NC(=O)CCSc1ccc2c(c1)OCCO2. The molecule has 0 bridgehead atoms. The maximum atomic E-state index is 12.1. The molecule has 0 radical (unpaired) electrons. The smallest absolute Gasteiger partial charge is 0.221 e. The topological polar surface area (TPSA) is 59.6 Å². The lowest BCUT2D eigenvalue weighted by molar-refractivity contribution is -0.121. The number of thioether (sulfide) groups is 1. The fourth-order valence-corrected chi connectivity index (χ4v) is 3.76. The molecule has 126 valence electrons. The second kappa shape index (κ2) is 7.93. The van der Waals surface area contributed by atoms with Crippen LogP contribution in [0.15, 0.2) is 23.1 Å². The molecule has 3 rings (SSSR count). The molecule has 5 nitrogen and oxygen atoms in total. The van der Waals surface area contributed by atoms with Gasteiger partial charge in [0, 0.05) is 23.1 Å². The lowest BCUT2D eigenvalue weighted by Crippen LogP contribution is -2.48. The predicted molar refractivity (Wildman–Crippen MR) is 91.4 cm³/mol. The Kier molecular flexibility index (Phi) is 5.67. The van der Waals surface area contributed by atoms with Gasteiger partial charge in [-0.05, 0) is 43.6 Å². The first-order valence-corrected chi connectivity index (χ1v) is 9.23. The van der Waals surface area contributed by atoms with E-state index in [1.807, 2.05) is 18.2 Å². The highest BCUT2D eigenvalue weighted by molar-refractivity contribution is 7.99. The van der Waals surface area contributed by atoms with Crippen molar-refractivity contribution in [1.29, 1.82) is 0 Å². The zero-order valence-corrected chi connectivity index (χ0v) is 14.3. The summed E-state index contributed by atoms with van der Waals surface area (Å²) in [5, 5.41) is 6.52. The zero-order valence-electron chi connectivity index (χ0n) is 13.5. The Morgan fingerprint density at radius 1 is 1.35 bits per heavy atom. The van der Waals surface area contributed by atoms with Gasteiger partial charge < -0.3 is 20.1 Å². The zero-order chi connectivity index (χ0) is 16.1. The molecule has 1 aromatic carbocycles. The summed E-state index contributed by atoms with van der Waals surface area (Å²) in [6, 6.07) is 6.26. The molecule has 2 heterocycles. The minimum Gasteiger partial charge on any atom is -0.486 e. The molecular weight excluding hydrogens is 312 g/mol. The number of hydrogen-bond acceptors (Lipinski definition) is 5. The summed E-state index contributed by atoms with van der Waals surface area (Å²) in [5.74, 6) is 3.02. The van der Waals surface area contributed by atoms with Gasteiger partial charge in [0.05, 0.1) is 0 Å². The van der Waals surface area contributed by atoms with Crippen LogP contribution in [0.3, 0.4) is 0 Å². The maximum absolute atomic E-state index is 12.1. The van der Waals surface area contributed by atoms with Gasteiger partial charge in [-0.25, -0.2) is 0 Å². The van der Waals surface area contributed by atoms with Crippen molar-refractivity contribution in [1.82, 2.24) is 10.6 Å². The van der Waals surface area contributed by atoms with E-state index in [1.165, 1.54) is 0 Å². The van der Waals surface area contributed by atoms with E-state index in [0.717, 1.165) is 41.7 Å². The number of fused-ring (bicyclic) bond motifs is 1. The molecule has 23 heavy (non-hydrogen) atoms. The number of nitrogens with one attached hydrogen (secondary N) is 2. The Labute approximate surface area is 141 Å². The highest BCUT2D eigenvalue weighted by atomic mass is 32.2. The fraction of sp³-hybridized carbons (Fsp3) is 0.588. The Morgan fingerprint density at radius 2 is 2.17 bits per heavy atom. The van der Waals surface area contributed by atoms with Crippen molar-refractivity contribution in [3.05, 3.63) is 18.2 Å². The first kappa shape index (κ1) is 16.5. The maximum Gasteiger partial charge on any atom is 0.221 e. The number of piperidine rings is 1. The van der Waals surface area contributed by atoms with Gasteiger partial charge in [0.2, 0.25) is 5.91 Å². The van der Waals surface area contributed by atoms with Crippen molar-refractivity contribution < 1.29 is 14.3 Å². The Morgan fingerprint density at radius 3 is 3.00 bits per heavy atom. The average molecular weight is 336 g/mol. The molecule has 1 amide bonds. The number of amides is 1. The van der Waals surface area contributed by atoms with E-state index in [4.69, 9.17) is 9.47 Å². The number of benzene rings is 1. The first-order valence-electron chi connectivity index (χ1n) is 8.25. The first-order chi connectivity index (χ1) is 11.2. The third-order valence-corrected chi connectivity index (χ3v) is 5.24. The molecule has 2 atom stereocenters. The van der Waals surface area contributed by atoms with Crippen molar-refractivity contribution in [3.63, 3.8) is 0 Å². The van der Waals surface area contributed by atoms with Crippen LogP contribution in [-0.4, -0.2) is 44.0 Å². The van der Waals surface area contributed by atoms with Gasteiger partial charge in [0.25, 0.3) is 0 Å². The van der Waals surface area contributed by atoms with E-state index in [2.05, 4.69) is 17.6 Å². The van der Waals surface area contributed by atoms with Crippen molar-refractivity contribution in [2.75, 3.05) is 32.1 Å². The average Bonchev–Trinajstić information content (AvgIpc) is 2.57. The monoisotopic (exact) mass is 336 g/mol. The highest BCUT2D eigenvalue weighted by Crippen LogP contribution is 2.34. The molecule has 0 aliphatic carbocycles. The van der Waals surface area contributed by atoms with Gasteiger partial charge in [-0.2, -0.15) is 0 Å². The molecular formula is C17H24N2O3S. The van der Waals surface area contributed by atoms with Crippen LogP contribution in [0.2, 0.25) is 0 Å². The molecule has 2 N–H and O–H groups in total. The largest absolute Gasteiger partial charge is 0.486 e. The standard InChI is InChI=1S/C17H24N2O3S/c1-12-11-18-6-4-14(12)19-17(20)5-9-23-13-2-3-15-16(10-13)22-8-7-21-15/h2-3,10,12,14,18H,4-9,11H2,1H3,(H,19,20). The predicted octanol–water partition coefficient (Wildman–Crippen LogP) is 2.05. The van der Waals surface area contributed by atoms with Gasteiger partial charge in [-0.15, -0.1) is 11.8 Å². The van der Waals surface area contributed by atoms with Gasteiger partial charge in [-0.1, -0.05) is 6.92 Å². The second-order valence-corrected chi connectivity index (χ2v) is 7.22. The van der Waals surface area contributed by atoms with E-state index in [-0.39, 0.29) is 5.91 Å². The highest BCUT2D eigenvalue weighted by Gasteiger charge is 2.22. The minimum atomic E-state index is 0.147. The van der Waals surface area contributed by atoms with Crippen molar-refractivity contribution >= 4 is 17.7 Å². The third kappa shape index (κ3) is 4.54. The van der Waals surface area contributed by atoms with Crippen LogP contribution in [0.5, 0.6) is 11.5 Å². The summed E-state index contributed by atoms with van der Waals surface area (Å²) in [4.78, 5) is 13.2. The van der Waals surface area contributed by atoms with E-state index in [0.29, 0.717) is 31.6 Å². The van der Waals surface area contributed by atoms with Crippen LogP contribution in [-0.2, 0) is 4.79 Å². The Balaban J connectivity index is 1.43. The van der Waals surface area contributed by atoms with E-state index >= 15 is 0 Å². The molecule has 1 aromatic rings. The second-order valence-electron chi connectivity index (χ2n) is 6.05. The molecule has 0 aromatic heterocycles. The van der Waals surface area contributed by atoms with Crippen LogP contribution in [0, 0.1) is 5.92 Å². The van der Waals surface area contributed by atoms with Gasteiger partial charge in [0.1, 0.15) is 13.2 Å². The molecule has 0 saturated carbocycles. The molecule has 0 spiro atoms. The van der Waals surface area contributed by atoms with Crippen LogP contribution in [0.4, 0.5) is 0 Å². The van der Waals surface area contributed by atoms with E-state index < -0.39 is 0 Å².